The van der Waals surface area contributed by atoms with Crippen LogP contribution in [0.1, 0.15) is 27.8 Å². The number of rotatable bonds is 9. The van der Waals surface area contributed by atoms with Gasteiger partial charge >= 0.3 is 0 Å². The molecule has 1 atom stereocenters. The molecule has 9 heteroatoms. The number of aryl methyl sites for hydroxylation is 1. The van der Waals surface area contributed by atoms with Crippen molar-refractivity contribution in [2.45, 2.75) is 13.0 Å². The van der Waals surface area contributed by atoms with E-state index < -0.39 is 0 Å². The van der Waals surface area contributed by atoms with Gasteiger partial charge in [-0.2, -0.15) is 0 Å². The van der Waals surface area contributed by atoms with Crippen molar-refractivity contribution in [2.75, 3.05) is 46.4 Å². The Balaban J connectivity index is 1.46. The molecule has 2 aromatic carbocycles. The van der Waals surface area contributed by atoms with Gasteiger partial charge in [0.15, 0.2) is 0 Å². The molecule has 190 valence electrons. The summed E-state index contributed by atoms with van der Waals surface area (Å²) in [6.07, 6.45) is 1.60. The lowest BCUT2D eigenvalue weighted by molar-refractivity contribution is 0.0244. The molecule has 0 saturated carbocycles. The first-order valence-electron chi connectivity index (χ1n) is 11.7. The van der Waals surface area contributed by atoms with Crippen LogP contribution in [-0.4, -0.2) is 67.3 Å². The second-order valence-corrected chi connectivity index (χ2v) is 9.35. The number of halogens is 2. The van der Waals surface area contributed by atoms with Crippen LogP contribution in [0.2, 0.25) is 10.0 Å². The van der Waals surface area contributed by atoms with Gasteiger partial charge in [-0.3, -0.25) is 9.69 Å². The first-order chi connectivity index (χ1) is 17.4. The van der Waals surface area contributed by atoms with E-state index in [-0.39, 0.29) is 12.0 Å². The molecule has 3 aromatic rings. The Labute approximate surface area is 221 Å². The molecule has 1 fully saturated rings. The number of amides is 1. The smallest absolute Gasteiger partial charge is 0.259 e. The van der Waals surface area contributed by atoms with Crippen LogP contribution >= 0.6 is 23.2 Å². The fraction of sp³-hybridized carbons (Fsp3) is 0.333. The number of ether oxygens (including phenoxy) is 2. The molecule has 36 heavy (non-hydrogen) atoms. The Morgan fingerprint density at radius 1 is 1.17 bits per heavy atom. The highest BCUT2D eigenvalue weighted by molar-refractivity contribution is 6.39. The molecule has 0 spiro atoms. The first-order valence-corrected chi connectivity index (χ1v) is 12.5. The molecule has 1 saturated heterocycles. The number of hydrogen-bond donors (Lipinski definition) is 0. The Morgan fingerprint density at radius 3 is 2.53 bits per heavy atom. The molecule has 4 rings (SSSR count). The zero-order valence-corrected chi connectivity index (χ0v) is 21.9. The molecule has 2 heterocycles. The van der Waals surface area contributed by atoms with E-state index in [0.29, 0.717) is 72.0 Å². The van der Waals surface area contributed by atoms with E-state index in [9.17, 15) is 4.79 Å². The van der Waals surface area contributed by atoms with E-state index in [0.717, 1.165) is 11.3 Å². The summed E-state index contributed by atoms with van der Waals surface area (Å²) in [6.45, 7) is 9.16. The van der Waals surface area contributed by atoms with Crippen LogP contribution in [0.5, 0.6) is 5.75 Å². The van der Waals surface area contributed by atoms with Crippen molar-refractivity contribution < 1.29 is 18.8 Å². The number of piperazine rings is 1. The van der Waals surface area contributed by atoms with Crippen LogP contribution in [0.15, 0.2) is 59.6 Å². The number of nitrogens with zero attached hydrogens (tertiary/aromatic N) is 3. The van der Waals surface area contributed by atoms with E-state index in [2.05, 4.69) is 16.6 Å². The summed E-state index contributed by atoms with van der Waals surface area (Å²) in [5, 5.41) is 4.95. The maximum Gasteiger partial charge on any atom is 0.259 e. The number of carbonyl (C=O) groups excluding carboxylic acids is 1. The molecule has 1 unspecified atom stereocenters. The van der Waals surface area contributed by atoms with E-state index in [1.165, 1.54) is 0 Å². The summed E-state index contributed by atoms with van der Waals surface area (Å²) in [5.74, 6) is 1.07. The van der Waals surface area contributed by atoms with Crippen LogP contribution in [0.25, 0.3) is 11.3 Å². The number of hydrogen-bond acceptors (Lipinski definition) is 6. The van der Waals surface area contributed by atoms with Gasteiger partial charge in [-0.25, -0.2) is 0 Å². The minimum atomic E-state index is -0.147. The van der Waals surface area contributed by atoms with E-state index in [1.807, 2.05) is 29.2 Å². The maximum atomic E-state index is 13.5. The van der Waals surface area contributed by atoms with Crippen molar-refractivity contribution >= 4 is 29.1 Å². The summed E-state index contributed by atoms with van der Waals surface area (Å²) in [5.41, 5.74) is 2.30. The molecule has 1 aliphatic heterocycles. The predicted octanol–water partition coefficient (Wildman–Crippen LogP) is 5.67. The molecule has 0 radical (unpaired) electrons. The summed E-state index contributed by atoms with van der Waals surface area (Å²) >= 11 is 12.8. The molecule has 1 aliphatic rings. The Bertz CT molecular complexity index is 1200. The van der Waals surface area contributed by atoms with Crippen LogP contribution in [0.3, 0.4) is 0 Å². The minimum Gasteiger partial charge on any atom is -0.497 e. The highest BCUT2D eigenvalue weighted by atomic mass is 35.5. The van der Waals surface area contributed by atoms with Gasteiger partial charge in [0.1, 0.15) is 22.8 Å². The monoisotopic (exact) mass is 529 g/mol. The fourth-order valence-corrected chi connectivity index (χ4v) is 4.90. The zero-order chi connectivity index (χ0) is 25.7. The third-order valence-corrected chi connectivity index (χ3v) is 6.87. The SMILES string of the molecule is C=CCOC(CN1CCN(C(=O)c2c(-c3c(Cl)cccc3Cl)noc2C)CC1)c1cccc(OC)c1. The van der Waals surface area contributed by atoms with Crippen molar-refractivity contribution in [3.8, 4) is 17.0 Å². The second kappa shape index (κ2) is 11.9. The Morgan fingerprint density at radius 2 is 1.86 bits per heavy atom. The van der Waals surface area contributed by atoms with Crippen molar-refractivity contribution in [2.24, 2.45) is 0 Å². The zero-order valence-electron chi connectivity index (χ0n) is 20.4. The van der Waals surface area contributed by atoms with Gasteiger partial charge in [-0.1, -0.05) is 52.6 Å². The number of benzene rings is 2. The lowest BCUT2D eigenvalue weighted by Crippen LogP contribution is -2.49. The Hall–Kier alpha value is -2.84. The molecule has 7 nitrogen and oxygen atoms in total. The quantitative estimate of drug-likeness (QED) is 0.333. The lowest BCUT2D eigenvalue weighted by Gasteiger charge is -2.36. The average molecular weight is 530 g/mol. The van der Waals surface area contributed by atoms with Crippen LogP contribution in [0.4, 0.5) is 0 Å². The van der Waals surface area contributed by atoms with Crippen molar-refractivity contribution in [1.29, 1.82) is 0 Å². The molecular formula is C27H29Cl2N3O4. The van der Waals surface area contributed by atoms with Gasteiger partial charge in [0.2, 0.25) is 0 Å². The maximum absolute atomic E-state index is 13.5. The van der Waals surface area contributed by atoms with Crippen LogP contribution < -0.4 is 4.74 Å². The normalized spacial score (nSPS) is 15.1. The molecular weight excluding hydrogens is 501 g/mol. The van der Waals surface area contributed by atoms with E-state index >= 15 is 0 Å². The van der Waals surface area contributed by atoms with E-state index in [1.54, 1.807) is 38.3 Å². The molecule has 1 amide bonds. The first kappa shape index (κ1) is 26.2. The Kier molecular flexibility index (Phi) is 8.69. The minimum absolute atomic E-state index is 0.144. The van der Waals surface area contributed by atoms with Gasteiger partial charge in [0.05, 0.1) is 29.9 Å². The number of carbonyl (C=O) groups is 1. The third-order valence-electron chi connectivity index (χ3n) is 6.24. The highest BCUT2D eigenvalue weighted by Gasteiger charge is 2.31. The molecule has 1 aromatic heterocycles. The summed E-state index contributed by atoms with van der Waals surface area (Å²) in [7, 11) is 1.65. The average Bonchev–Trinajstić information content (AvgIpc) is 3.27. The standard InChI is InChI=1S/C27H29Cl2N3O4/c1-4-15-35-23(19-7-5-8-20(16-19)34-3)17-31-11-13-32(14-12-31)27(33)24-18(2)36-30-26(24)25-21(28)9-6-10-22(25)29/h4-10,16,23H,1,11-15,17H2,2-3H3. The number of methoxy groups -OCH3 is 1. The largest absolute Gasteiger partial charge is 0.497 e. The summed E-state index contributed by atoms with van der Waals surface area (Å²) in [4.78, 5) is 17.6. The van der Waals surface area contributed by atoms with Crippen molar-refractivity contribution in [1.82, 2.24) is 15.0 Å². The van der Waals surface area contributed by atoms with Crippen molar-refractivity contribution in [3.05, 3.63) is 82.1 Å². The van der Waals surface area contributed by atoms with Crippen molar-refractivity contribution in [3.63, 3.8) is 0 Å². The molecule has 0 bridgehead atoms. The van der Waals surface area contributed by atoms with Gasteiger partial charge < -0.3 is 18.9 Å². The second-order valence-electron chi connectivity index (χ2n) is 8.54. The highest BCUT2D eigenvalue weighted by Crippen LogP contribution is 2.37. The topological polar surface area (TPSA) is 68.0 Å². The fourth-order valence-electron chi connectivity index (χ4n) is 4.33. The molecule has 0 aliphatic carbocycles. The van der Waals surface area contributed by atoms with Gasteiger partial charge in [0, 0.05) is 38.3 Å². The van der Waals surface area contributed by atoms with Gasteiger partial charge in [-0.05, 0) is 36.8 Å². The molecule has 0 N–H and O–H groups in total. The summed E-state index contributed by atoms with van der Waals surface area (Å²) in [6, 6.07) is 13.1. The summed E-state index contributed by atoms with van der Waals surface area (Å²) < 4.78 is 16.8. The van der Waals surface area contributed by atoms with Crippen LogP contribution in [-0.2, 0) is 4.74 Å². The van der Waals surface area contributed by atoms with Crippen LogP contribution in [0, 0.1) is 6.92 Å². The lowest BCUT2D eigenvalue weighted by atomic mass is 10.0. The van der Waals surface area contributed by atoms with Gasteiger partial charge in [0.25, 0.3) is 5.91 Å². The van der Waals surface area contributed by atoms with Gasteiger partial charge in [-0.15, -0.1) is 6.58 Å². The third kappa shape index (κ3) is 5.76. The van der Waals surface area contributed by atoms with E-state index in [4.69, 9.17) is 37.2 Å². The predicted molar refractivity (Wildman–Crippen MR) is 141 cm³/mol. The number of aromatic nitrogens is 1.